The van der Waals surface area contributed by atoms with Crippen molar-refractivity contribution in [1.82, 2.24) is 15.0 Å². The van der Waals surface area contributed by atoms with Gasteiger partial charge in [-0.25, -0.2) is 15.0 Å². The van der Waals surface area contributed by atoms with Crippen molar-refractivity contribution in [1.29, 1.82) is 0 Å². The summed E-state index contributed by atoms with van der Waals surface area (Å²) >= 11 is 0. The Hall–Kier alpha value is -7.37. The van der Waals surface area contributed by atoms with E-state index in [1.54, 1.807) is 0 Å². The Bertz CT molecular complexity index is 3220. The number of nitrogens with zero attached hydrogens (tertiary/aromatic N) is 3. The monoisotopic (exact) mass is 763 g/mol. The lowest BCUT2D eigenvalue weighted by Gasteiger charge is -2.30. The number of rotatable bonds is 8. The molecular weight excluding hydrogens is 723 g/mol. The van der Waals surface area contributed by atoms with E-state index in [1.807, 2.05) is 43.3 Å². The number of aromatic nitrogens is 3. The first-order valence-electron chi connectivity index (χ1n) is 20.1. The summed E-state index contributed by atoms with van der Waals surface area (Å²) < 4.78 is 13.2. The molecule has 2 heterocycles. The van der Waals surface area contributed by atoms with E-state index in [2.05, 4.69) is 159 Å². The van der Waals surface area contributed by atoms with Crippen molar-refractivity contribution in [3.63, 3.8) is 0 Å². The zero-order valence-corrected chi connectivity index (χ0v) is 33.2. The highest BCUT2D eigenvalue weighted by molar-refractivity contribution is 6.12. The second kappa shape index (κ2) is 14.9. The summed E-state index contributed by atoms with van der Waals surface area (Å²) in [7, 11) is 0. The van der Waals surface area contributed by atoms with Gasteiger partial charge in [-0.3, -0.25) is 0 Å². The fourth-order valence-corrected chi connectivity index (χ4v) is 8.06. The number of fused-ring (bicyclic) bond motifs is 5. The van der Waals surface area contributed by atoms with Crippen LogP contribution in [0.5, 0.6) is 5.75 Å². The predicted octanol–water partition coefficient (Wildman–Crippen LogP) is 14.2. The Morgan fingerprint density at radius 2 is 1.36 bits per heavy atom. The Kier molecular flexibility index (Phi) is 9.06. The summed E-state index contributed by atoms with van der Waals surface area (Å²) in [5.41, 5.74) is 8.26. The van der Waals surface area contributed by atoms with Crippen LogP contribution in [0, 0.1) is 6.92 Å². The minimum Gasteiger partial charge on any atom is -0.483 e. The van der Waals surface area contributed by atoms with Gasteiger partial charge < -0.3 is 9.15 Å². The molecule has 2 aromatic heterocycles. The number of furan rings is 1. The smallest absolute Gasteiger partial charge is 0.164 e. The quantitative estimate of drug-likeness (QED) is 0.144. The lowest BCUT2D eigenvalue weighted by Crippen LogP contribution is -2.31. The minimum absolute atomic E-state index is 0.511. The molecule has 0 fully saturated rings. The minimum atomic E-state index is -0.511. The van der Waals surface area contributed by atoms with Gasteiger partial charge in [0.15, 0.2) is 17.5 Å². The maximum atomic E-state index is 6.66. The second-order valence-corrected chi connectivity index (χ2v) is 15.4. The molecule has 0 saturated carbocycles. The number of benzene rings is 7. The van der Waals surface area contributed by atoms with E-state index in [0.29, 0.717) is 23.9 Å². The van der Waals surface area contributed by atoms with E-state index in [1.165, 1.54) is 10.8 Å². The molecule has 1 aliphatic carbocycles. The Labute approximate surface area is 343 Å². The standard InChI is InChI=1S/C54H41N3O2/c1-4-5-6-19-41-31-39-17-10-11-18-40(39)33-46(41)42-25-26-44-49(34-42)58-48-22-13-20-45(50(44)48)53-56-51(55-52(57-53)43-24-23-36-15-8-9-16-38(36)32-43)37-27-29-54(3,30-28-37)59-47-21-12-7-14-35(47)2/h4-29,31-34H,30H2,1-3H3/b5-4-,19-6-. The first-order valence-corrected chi connectivity index (χ1v) is 20.1. The molecule has 9 aromatic rings. The Morgan fingerprint density at radius 3 is 2.15 bits per heavy atom. The maximum Gasteiger partial charge on any atom is 0.164 e. The Morgan fingerprint density at radius 1 is 0.627 bits per heavy atom. The van der Waals surface area contributed by atoms with Gasteiger partial charge >= 0.3 is 0 Å². The number of hydrogen-bond acceptors (Lipinski definition) is 5. The molecule has 0 amide bonds. The lowest BCUT2D eigenvalue weighted by molar-refractivity contribution is 0.142. The van der Waals surface area contributed by atoms with E-state index in [4.69, 9.17) is 24.1 Å². The molecule has 1 unspecified atom stereocenters. The van der Waals surface area contributed by atoms with Crippen molar-refractivity contribution in [3.8, 4) is 39.7 Å². The van der Waals surface area contributed by atoms with E-state index in [-0.39, 0.29) is 0 Å². The average Bonchev–Trinajstić information content (AvgIpc) is 3.65. The van der Waals surface area contributed by atoms with Crippen LogP contribution in [0.25, 0.3) is 89.0 Å². The molecule has 1 atom stereocenters. The SMILES string of the molecule is C/C=C\C=C/c1cc2ccccc2cc1-c1ccc2c(c1)oc1cccc(-c3nc(C4=CCC(C)(Oc5ccccc5C)C=C4)nc(-c4ccc5ccccc5c4)n3)c12. The molecule has 0 aliphatic heterocycles. The summed E-state index contributed by atoms with van der Waals surface area (Å²) in [5, 5.41) is 6.65. The highest BCUT2D eigenvalue weighted by atomic mass is 16.5. The fourth-order valence-electron chi connectivity index (χ4n) is 8.06. The van der Waals surface area contributed by atoms with E-state index >= 15 is 0 Å². The van der Waals surface area contributed by atoms with Gasteiger partial charge in [0, 0.05) is 33.9 Å². The Balaban J connectivity index is 1.09. The predicted molar refractivity (Wildman–Crippen MR) is 244 cm³/mol. The molecule has 7 aromatic carbocycles. The largest absolute Gasteiger partial charge is 0.483 e. The topological polar surface area (TPSA) is 61.0 Å². The summed E-state index contributed by atoms with van der Waals surface area (Å²) in [6.07, 6.45) is 15.4. The zero-order valence-electron chi connectivity index (χ0n) is 33.2. The first kappa shape index (κ1) is 36.0. The number of para-hydroxylation sites is 1. The molecule has 1 aliphatic rings. The van der Waals surface area contributed by atoms with Gasteiger partial charge in [0.1, 0.15) is 22.5 Å². The van der Waals surface area contributed by atoms with Crippen LogP contribution in [0.1, 0.15) is 37.2 Å². The van der Waals surface area contributed by atoms with Gasteiger partial charge in [0.25, 0.3) is 0 Å². The van der Waals surface area contributed by atoms with Gasteiger partial charge in [0.2, 0.25) is 0 Å². The highest BCUT2D eigenvalue weighted by Crippen LogP contribution is 2.40. The van der Waals surface area contributed by atoms with Gasteiger partial charge in [-0.1, -0.05) is 134 Å². The van der Waals surface area contributed by atoms with Gasteiger partial charge in [-0.2, -0.15) is 0 Å². The summed E-state index contributed by atoms with van der Waals surface area (Å²) in [4.78, 5) is 15.5. The third-order valence-electron chi connectivity index (χ3n) is 11.2. The molecule has 5 heteroatoms. The molecule has 0 spiro atoms. The summed E-state index contributed by atoms with van der Waals surface area (Å²) in [6.45, 7) is 6.21. The van der Waals surface area contributed by atoms with Crippen LogP contribution in [-0.2, 0) is 0 Å². The molecular formula is C54H41N3O2. The molecule has 0 bridgehead atoms. The average molecular weight is 764 g/mol. The van der Waals surface area contributed by atoms with Crippen molar-refractivity contribution in [2.75, 3.05) is 0 Å². The fraction of sp³-hybridized carbons (Fsp3) is 0.0926. The van der Waals surface area contributed by atoms with Crippen LogP contribution < -0.4 is 4.74 Å². The number of aryl methyl sites for hydroxylation is 1. The van der Waals surface area contributed by atoms with Crippen molar-refractivity contribution < 1.29 is 9.15 Å². The number of hydrogen-bond donors (Lipinski definition) is 0. The van der Waals surface area contributed by atoms with Gasteiger partial charge in [-0.15, -0.1) is 0 Å². The van der Waals surface area contributed by atoms with E-state index < -0.39 is 5.60 Å². The molecule has 59 heavy (non-hydrogen) atoms. The normalized spacial score (nSPS) is 15.6. The van der Waals surface area contributed by atoms with E-state index in [0.717, 1.165) is 77.4 Å². The number of ether oxygens (including phenoxy) is 1. The van der Waals surface area contributed by atoms with Gasteiger partial charge in [0.05, 0.1) is 0 Å². The molecule has 0 saturated heterocycles. The second-order valence-electron chi connectivity index (χ2n) is 15.4. The van der Waals surface area contributed by atoms with Crippen LogP contribution in [0.3, 0.4) is 0 Å². The maximum absolute atomic E-state index is 6.66. The third kappa shape index (κ3) is 6.91. The number of allylic oxidation sites excluding steroid dienone is 5. The molecule has 0 radical (unpaired) electrons. The van der Waals surface area contributed by atoms with Crippen LogP contribution in [0.15, 0.2) is 180 Å². The summed E-state index contributed by atoms with van der Waals surface area (Å²) in [6, 6.07) is 48.5. The van der Waals surface area contributed by atoms with Crippen LogP contribution in [0.4, 0.5) is 0 Å². The van der Waals surface area contributed by atoms with Gasteiger partial charge in [-0.05, 0) is 113 Å². The molecule has 284 valence electrons. The van der Waals surface area contributed by atoms with E-state index in [9.17, 15) is 0 Å². The summed E-state index contributed by atoms with van der Waals surface area (Å²) in [5.74, 6) is 2.68. The molecule has 5 nitrogen and oxygen atoms in total. The van der Waals surface area contributed by atoms with Crippen molar-refractivity contribution in [3.05, 3.63) is 193 Å². The van der Waals surface area contributed by atoms with Crippen LogP contribution >= 0.6 is 0 Å². The molecule has 0 N–H and O–H groups in total. The lowest BCUT2D eigenvalue weighted by atomic mass is 9.93. The van der Waals surface area contributed by atoms with Crippen molar-refractivity contribution >= 4 is 55.1 Å². The van der Waals surface area contributed by atoms with Crippen LogP contribution in [-0.4, -0.2) is 20.6 Å². The highest BCUT2D eigenvalue weighted by Gasteiger charge is 2.27. The van der Waals surface area contributed by atoms with Crippen LogP contribution in [0.2, 0.25) is 0 Å². The third-order valence-corrected chi connectivity index (χ3v) is 11.2. The van der Waals surface area contributed by atoms with Crippen molar-refractivity contribution in [2.45, 2.75) is 32.8 Å². The van der Waals surface area contributed by atoms with Crippen molar-refractivity contribution in [2.24, 2.45) is 0 Å². The zero-order chi connectivity index (χ0) is 39.9. The molecule has 10 rings (SSSR count). The first-order chi connectivity index (χ1) is 28.9.